The summed E-state index contributed by atoms with van der Waals surface area (Å²) in [7, 11) is 0. The number of allylic oxidation sites excluding steroid dienone is 2. The van der Waals surface area contributed by atoms with Gasteiger partial charge in [0.05, 0.1) is 0 Å². The maximum absolute atomic E-state index is 11.8. The van der Waals surface area contributed by atoms with Gasteiger partial charge in [-0.25, -0.2) is 0 Å². The third-order valence-electron chi connectivity index (χ3n) is 3.93. The largest absolute Gasteiger partial charge is 0.457 e. The second kappa shape index (κ2) is 5.04. The van der Waals surface area contributed by atoms with Crippen LogP contribution in [0.3, 0.4) is 0 Å². The van der Waals surface area contributed by atoms with Gasteiger partial charge in [-0.2, -0.15) is 0 Å². The van der Waals surface area contributed by atoms with E-state index in [0.29, 0.717) is 12.3 Å². The zero-order chi connectivity index (χ0) is 13.2. The lowest BCUT2D eigenvalue weighted by Crippen LogP contribution is -2.30. The molecule has 0 aromatic carbocycles. The summed E-state index contributed by atoms with van der Waals surface area (Å²) in [4.78, 5) is 34.9. The van der Waals surface area contributed by atoms with Crippen molar-refractivity contribution in [2.24, 2.45) is 11.3 Å². The van der Waals surface area contributed by atoms with E-state index in [-0.39, 0.29) is 31.0 Å². The normalized spacial score (nSPS) is 27.8. The Morgan fingerprint density at radius 3 is 2.61 bits per heavy atom. The highest BCUT2D eigenvalue weighted by Gasteiger charge is 2.47. The van der Waals surface area contributed by atoms with Crippen LogP contribution in [0.1, 0.15) is 39.0 Å². The maximum Gasteiger partial charge on any atom is 0.319 e. The molecule has 1 atom stereocenters. The molecule has 0 bridgehead atoms. The van der Waals surface area contributed by atoms with E-state index in [9.17, 15) is 14.4 Å². The van der Waals surface area contributed by atoms with Crippen molar-refractivity contribution in [3.05, 3.63) is 12.2 Å². The smallest absolute Gasteiger partial charge is 0.319 e. The molecular weight excluding hydrogens is 232 g/mol. The number of esters is 1. The van der Waals surface area contributed by atoms with Crippen molar-refractivity contribution < 1.29 is 19.1 Å². The van der Waals surface area contributed by atoms with Crippen molar-refractivity contribution in [3.8, 4) is 0 Å². The number of carbonyl (C=O) groups is 3. The van der Waals surface area contributed by atoms with E-state index in [1.54, 1.807) is 6.92 Å². The minimum Gasteiger partial charge on any atom is -0.457 e. The van der Waals surface area contributed by atoms with Crippen LogP contribution in [-0.2, 0) is 19.1 Å². The first kappa shape index (κ1) is 13.0. The molecule has 4 nitrogen and oxygen atoms in total. The fourth-order valence-electron chi connectivity index (χ4n) is 2.46. The SMILES string of the molecule is CC1(CCC(=O)CC2CC=CC2)C(=O)COC1=O. The summed E-state index contributed by atoms with van der Waals surface area (Å²) < 4.78 is 4.74. The van der Waals surface area contributed by atoms with Crippen LogP contribution < -0.4 is 0 Å². The number of cyclic esters (lactones) is 1. The monoisotopic (exact) mass is 250 g/mol. The summed E-state index contributed by atoms with van der Waals surface area (Å²) >= 11 is 0. The molecule has 2 aliphatic rings. The maximum atomic E-state index is 11.8. The fourth-order valence-corrected chi connectivity index (χ4v) is 2.46. The molecule has 0 radical (unpaired) electrons. The molecular formula is C14H18O4. The summed E-state index contributed by atoms with van der Waals surface area (Å²) in [5.74, 6) is -0.139. The van der Waals surface area contributed by atoms with E-state index in [4.69, 9.17) is 4.74 Å². The van der Waals surface area contributed by atoms with Crippen molar-refractivity contribution in [2.45, 2.75) is 39.0 Å². The molecule has 18 heavy (non-hydrogen) atoms. The van der Waals surface area contributed by atoms with E-state index in [1.165, 1.54) is 0 Å². The Hall–Kier alpha value is -1.45. The topological polar surface area (TPSA) is 60.4 Å². The highest BCUT2D eigenvalue weighted by atomic mass is 16.5. The van der Waals surface area contributed by atoms with Crippen molar-refractivity contribution >= 4 is 17.5 Å². The van der Waals surface area contributed by atoms with Crippen molar-refractivity contribution in [2.75, 3.05) is 6.61 Å². The molecule has 0 aromatic rings. The Labute approximate surface area is 106 Å². The molecule has 0 N–H and O–H groups in total. The first-order valence-electron chi connectivity index (χ1n) is 6.39. The molecule has 0 aromatic heterocycles. The number of hydrogen-bond donors (Lipinski definition) is 0. The summed E-state index contributed by atoms with van der Waals surface area (Å²) in [5.41, 5.74) is -1.09. The Morgan fingerprint density at radius 1 is 1.39 bits per heavy atom. The highest BCUT2D eigenvalue weighted by molar-refractivity contribution is 6.08. The molecule has 1 heterocycles. The van der Waals surface area contributed by atoms with Crippen LogP contribution in [0.2, 0.25) is 0 Å². The Balaban J connectivity index is 1.81. The van der Waals surface area contributed by atoms with Crippen LogP contribution >= 0.6 is 0 Å². The number of carbonyl (C=O) groups excluding carboxylic acids is 3. The molecule has 1 aliphatic heterocycles. The van der Waals surface area contributed by atoms with Gasteiger partial charge in [0.25, 0.3) is 0 Å². The van der Waals surface area contributed by atoms with Crippen molar-refractivity contribution in [1.29, 1.82) is 0 Å². The van der Waals surface area contributed by atoms with Crippen LogP contribution in [0.25, 0.3) is 0 Å². The standard InChI is InChI=1S/C14H18O4/c1-14(12(16)9-18-13(14)17)7-6-11(15)8-10-4-2-3-5-10/h2-3,10H,4-9H2,1H3. The Morgan fingerprint density at radius 2 is 2.06 bits per heavy atom. The molecule has 1 aliphatic carbocycles. The predicted molar refractivity (Wildman–Crippen MR) is 64.8 cm³/mol. The first-order chi connectivity index (χ1) is 8.52. The lowest BCUT2D eigenvalue weighted by Gasteiger charge is -2.16. The number of ketones is 2. The molecule has 0 saturated carbocycles. The molecule has 0 spiro atoms. The van der Waals surface area contributed by atoms with Crippen LogP contribution in [-0.4, -0.2) is 24.1 Å². The molecule has 4 heteroatoms. The molecule has 0 amide bonds. The van der Waals surface area contributed by atoms with Crippen LogP contribution in [0.5, 0.6) is 0 Å². The number of hydrogen-bond acceptors (Lipinski definition) is 4. The van der Waals surface area contributed by atoms with E-state index >= 15 is 0 Å². The average molecular weight is 250 g/mol. The minimum atomic E-state index is -1.09. The number of Topliss-reactive ketones (excluding diaryl/α,β-unsaturated/α-hetero) is 2. The fraction of sp³-hybridized carbons (Fsp3) is 0.643. The second-order valence-corrected chi connectivity index (χ2v) is 5.38. The van der Waals surface area contributed by atoms with Crippen LogP contribution in [0.15, 0.2) is 12.2 Å². The van der Waals surface area contributed by atoms with Gasteiger partial charge in [0.15, 0.2) is 12.4 Å². The first-order valence-corrected chi connectivity index (χ1v) is 6.39. The number of ether oxygens (including phenoxy) is 1. The molecule has 98 valence electrons. The zero-order valence-electron chi connectivity index (χ0n) is 10.6. The van der Waals surface area contributed by atoms with Crippen LogP contribution in [0.4, 0.5) is 0 Å². The zero-order valence-corrected chi connectivity index (χ0v) is 10.6. The van der Waals surface area contributed by atoms with E-state index in [0.717, 1.165) is 12.8 Å². The summed E-state index contributed by atoms with van der Waals surface area (Å²) in [6.45, 7) is 1.44. The minimum absolute atomic E-state index is 0.137. The Bertz CT molecular complexity index is 384. The van der Waals surface area contributed by atoms with Crippen LogP contribution in [0, 0.1) is 11.3 Å². The van der Waals surface area contributed by atoms with Gasteiger partial charge in [-0.15, -0.1) is 0 Å². The Kier molecular flexibility index (Phi) is 3.64. The molecule has 2 rings (SSSR count). The van der Waals surface area contributed by atoms with E-state index in [1.807, 2.05) is 0 Å². The van der Waals surface area contributed by atoms with Crippen molar-refractivity contribution in [3.63, 3.8) is 0 Å². The second-order valence-electron chi connectivity index (χ2n) is 5.38. The molecule has 1 fully saturated rings. The van der Waals surface area contributed by atoms with Gasteiger partial charge in [-0.3, -0.25) is 14.4 Å². The summed E-state index contributed by atoms with van der Waals surface area (Å²) in [6.07, 6.45) is 7.23. The summed E-state index contributed by atoms with van der Waals surface area (Å²) in [5, 5.41) is 0. The third kappa shape index (κ3) is 2.52. The predicted octanol–water partition coefficient (Wildman–Crippen LogP) is 1.82. The van der Waals surface area contributed by atoms with Gasteiger partial charge in [0.2, 0.25) is 0 Å². The quantitative estimate of drug-likeness (QED) is 0.424. The average Bonchev–Trinajstić information content (AvgIpc) is 2.92. The van der Waals surface area contributed by atoms with E-state index < -0.39 is 11.4 Å². The lowest BCUT2D eigenvalue weighted by molar-refractivity contribution is -0.146. The van der Waals surface area contributed by atoms with Gasteiger partial charge in [0, 0.05) is 12.8 Å². The lowest BCUT2D eigenvalue weighted by atomic mass is 9.81. The van der Waals surface area contributed by atoms with Gasteiger partial charge in [-0.1, -0.05) is 12.2 Å². The van der Waals surface area contributed by atoms with E-state index in [2.05, 4.69) is 12.2 Å². The molecule has 1 saturated heterocycles. The third-order valence-corrected chi connectivity index (χ3v) is 3.93. The van der Waals surface area contributed by atoms with Crippen molar-refractivity contribution in [1.82, 2.24) is 0 Å². The van der Waals surface area contributed by atoms with Gasteiger partial charge in [-0.05, 0) is 32.1 Å². The van der Waals surface area contributed by atoms with Gasteiger partial charge in [0.1, 0.15) is 11.2 Å². The molecule has 1 unspecified atom stereocenters. The van der Waals surface area contributed by atoms with Gasteiger partial charge >= 0.3 is 5.97 Å². The highest BCUT2D eigenvalue weighted by Crippen LogP contribution is 2.32. The van der Waals surface area contributed by atoms with Gasteiger partial charge < -0.3 is 4.74 Å². The summed E-state index contributed by atoms with van der Waals surface area (Å²) in [6, 6.07) is 0. The number of rotatable bonds is 5.